The van der Waals surface area contributed by atoms with E-state index in [1.807, 2.05) is 0 Å². The summed E-state index contributed by atoms with van der Waals surface area (Å²) in [5, 5.41) is 5.09. The standard InChI is InChI=1S/C49H36N2O/c1-49(2)43-29-35(50(33-14-4-3-5-15-33)34-22-25-48-42(28-34)40-17-9-11-19-47(40)52-48)20-23-37(43)38-24-21-36(30-44(38)49)51-45-18-10-8-16-39(45)41-26-31-12-6-7-13-32(31)27-46(41)51/h3-30,40,47H,1-2H3. The average Bonchev–Trinajstić information content (AvgIpc) is 3.79. The number of hydrogen-bond donors (Lipinski definition) is 0. The van der Waals surface area contributed by atoms with Gasteiger partial charge < -0.3 is 14.2 Å². The van der Waals surface area contributed by atoms with E-state index in [0.717, 1.165) is 22.8 Å². The molecule has 1 aliphatic heterocycles. The molecule has 0 saturated heterocycles. The third kappa shape index (κ3) is 4.20. The predicted octanol–water partition coefficient (Wildman–Crippen LogP) is 12.7. The molecule has 1 aromatic heterocycles. The Labute approximate surface area is 303 Å². The summed E-state index contributed by atoms with van der Waals surface area (Å²) in [6.07, 6.45) is 8.71. The second-order valence-corrected chi connectivity index (χ2v) is 14.9. The number of ether oxygens (including phenoxy) is 1. The van der Waals surface area contributed by atoms with Crippen LogP contribution in [0.5, 0.6) is 5.75 Å². The zero-order valence-corrected chi connectivity index (χ0v) is 29.1. The first-order valence-electron chi connectivity index (χ1n) is 18.3. The van der Waals surface area contributed by atoms with E-state index in [-0.39, 0.29) is 17.4 Å². The molecule has 2 unspecified atom stereocenters. The number of aromatic nitrogens is 1. The molecule has 0 bridgehead atoms. The summed E-state index contributed by atoms with van der Waals surface area (Å²) in [4.78, 5) is 2.39. The molecule has 7 aromatic carbocycles. The fraction of sp³-hybridized carbons (Fsp3) is 0.102. The second kappa shape index (κ2) is 10.8. The van der Waals surface area contributed by atoms with Crippen molar-refractivity contribution in [1.82, 2.24) is 4.57 Å². The van der Waals surface area contributed by atoms with Crippen LogP contribution in [0.15, 0.2) is 170 Å². The van der Waals surface area contributed by atoms with Crippen LogP contribution < -0.4 is 9.64 Å². The normalized spacial score (nSPS) is 17.6. The molecule has 3 heteroatoms. The van der Waals surface area contributed by atoms with E-state index < -0.39 is 0 Å². The van der Waals surface area contributed by atoms with Crippen molar-refractivity contribution in [2.24, 2.45) is 0 Å². The molecule has 2 atom stereocenters. The predicted molar refractivity (Wildman–Crippen MR) is 216 cm³/mol. The van der Waals surface area contributed by atoms with Gasteiger partial charge in [0.05, 0.1) is 11.0 Å². The molecule has 3 nitrogen and oxygen atoms in total. The van der Waals surface area contributed by atoms with Crippen LogP contribution in [0.4, 0.5) is 17.1 Å². The van der Waals surface area contributed by atoms with Crippen LogP contribution in [0.25, 0.3) is 49.4 Å². The van der Waals surface area contributed by atoms with Crippen LogP contribution in [0, 0.1) is 0 Å². The Morgan fingerprint density at radius 1 is 0.558 bits per heavy atom. The number of allylic oxidation sites excluding steroid dienone is 2. The van der Waals surface area contributed by atoms with Crippen LogP contribution in [-0.2, 0) is 5.41 Å². The Hall–Kier alpha value is -6.32. The largest absolute Gasteiger partial charge is 0.485 e. The van der Waals surface area contributed by atoms with Gasteiger partial charge in [-0.2, -0.15) is 0 Å². The lowest BCUT2D eigenvalue weighted by atomic mass is 9.82. The Bertz CT molecular complexity index is 2820. The summed E-state index contributed by atoms with van der Waals surface area (Å²) >= 11 is 0. The number of fused-ring (bicyclic) bond motifs is 10. The molecule has 0 saturated carbocycles. The number of rotatable bonds is 4. The van der Waals surface area contributed by atoms with E-state index in [1.165, 1.54) is 66.1 Å². The summed E-state index contributed by atoms with van der Waals surface area (Å²) in [5.74, 6) is 1.20. The molecule has 0 fully saturated rings. The third-order valence-electron chi connectivity index (χ3n) is 11.7. The van der Waals surface area contributed by atoms with Crippen molar-refractivity contribution in [2.45, 2.75) is 31.3 Å². The highest BCUT2D eigenvalue weighted by molar-refractivity contribution is 6.13. The molecule has 248 valence electrons. The molecular formula is C49H36N2O. The third-order valence-corrected chi connectivity index (χ3v) is 11.7. The van der Waals surface area contributed by atoms with Crippen molar-refractivity contribution < 1.29 is 4.74 Å². The first-order chi connectivity index (χ1) is 25.5. The van der Waals surface area contributed by atoms with E-state index in [1.54, 1.807) is 0 Å². The fourth-order valence-corrected chi connectivity index (χ4v) is 9.12. The Morgan fingerprint density at radius 2 is 1.25 bits per heavy atom. The molecule has 3 aliphatic rings. The maximum atomic E-state index is 6.32. The average molecular weight is 669 g/mol. The zero-order valence-electron chi connectivity index (χ0n) is 29.1. The van der Waals surface area contributed by atoms with Crippen LogP contribution in [0.2, 0.25) is 0 Å². The van der Waals surface area contributed by atoms with Gasteiger partial charge in [-0.25, -0.2) is 0 Å². The maximum absolute atomic E-state index is 6.32. The minimum Gasteiger partial charge on any atom is -0.485 e. The van der Waals surface area contributed by atoms with Crippen LogP contribution in [0.1, 0.15) is 36.5 Å². The summed E-state index contributed by atoms with van der Waals surface area (Å²) < 4.78 is 8.78. The first kappa shape index (κ1) is 29.4. The van der Waals surface area contributed by atoms with Gasteiger partial charge in [-0.3, -0.25) is 0 Å². The summed E-state index contributed by atoms with van der Waals surface area (Å²) in [7, 11) is 0. The van der Waals surface area contributed by atoms with Crippen LogP contribution in [-0.4, -0.2) is 10.7 Å². The monoisotopic (exact) mass is 668 g/mol. The number of benzene rings is 7. The lowest BCUT2D eigenvalue weighted by Gasteiger charge is -2.28. The molecule has 0 radical (unpaired) electrons. The van der Waals surface area contributed by atoms with Gasteiger partial charge in [0.25, 0.3) is 0 Å². The van der Waals surface area contributed by atoms with Gasteiger partial charge in [-0.1, -0.05) is 105 Å². The van der Waals surface area contributed by atoms with Gasteiger partial charge in [-0.15, -0.1) is 0 Å². The highest BCUT2D eigenvalue weighted by Crippen LogP contribution is 2.52. The molecule has 2 heterocycles. The van der Waals surface area contributed by atoms with Gasteiger partial charge in [0, 0.05) is 50.4 Å². The Morgan fingerprint density at radius 3 is 2.12 bits per heavy atom. The van der Waals surface area contributed by atoms with E-state index in [9.17, 15) is 0 Å². The van der Waals surface area contributed by atoms with E-state index in [0.29, 0.717) is 0 Å². The van der Waals surface area contributed by atoms with Crippen molar-refractivity contribution in [3.05, 3.63) is 187 Å². The lowest BCUT2D eigenvalue weighted by molar-refractivity contribution is 0.269. The van der Waals surface area contributed by atoms with E-state index in [4.69, 9.17) is 4.74 Å². The fourth-order valence-electron chi connectivity index (χ4n) is 9.12. The van der Waals surface area contributed by atoms with Crippen molar-refractivity contribution in [1.29, 1.82) is 0 Å². The quantitative estimate of drug-likeness (QED) is 0.186. The van der Waals surface area contributed by atoms with Crippen molar-refractivity contribution in [3.8, 4) is 22.6 Å². The van der Waals surface area contributed by atoms with E-state index in [2.05, 4.69) is 193 Å². The number of hydrogen-bond acceptors (Lipinski definition) is 2. The molecule has 2 aliphatic carbocycles. The van der Waals surface area contributed by atoms with Gasteiger partial charge in [-0.05, 0) is 112 Å². The Kier molecular flexibility index (Phi) is 6.13. The minimum atomic E-state index is -0.206. The summed E-state index contributed by atoms with van der Waals surface area (Å²) in [6, 6.07) is 53.7. The van der Waals surface area contributed by atoms with Crippen molar-refractivity contribution >= 4 is 49.6 Å². The van der Waals surface area contributed by atoms with Crippen LogP contribution in [0.3, 0.4) is 0 Å². The highest BCUT2D eigenvalue weighted by Gasteiger charge is 2.37. The molecule has 52 heavy (non-hydrogen) atoms. The van der Waals surface area contributed by atoms with Gasteiger partial charge in [0.15, 0.2) is 0 Å². The van der Waals surface area contributed by atoms with Crippen molar-refractivity contribution in [2.75, 3.05) is 4.90 Å². The SMILES string of the molecule is CC1(C)c2cc(N(c3ccccc3)c3ccc4c(c3)C3C=CC=CC3O4)ccc2-c2ccc(-n3c4ccccc4c4cc5ccccc5cc43)cc21. The van der Waals surface area contributed by atoms with Gasteiger partial charge in [0.1, 0.15) is 11.9 Å². The molecule has 8 aromatic rings. The second-order valence-electron chi connectivity index (χ2n) is 14.9. The minimum absolute atomic E-state index is 0.0616. The van der Waals surface area contributed by atoms with E-state index >= 15 is 0 Å². The molecule has 0 amide bonds. The topological polar surface area (TPSA) is 17.4 Å². The zero-order chi connectivity index (χ0) is 34.6. The highest BCUT2D eigenvalue weighted by atomic mass is 16.5. The smallest absolute Gasteiger partial charge is 0.128 e. The number of nitrogens with zero attached hydrogens (tertiary/aromatic N) is 2. The van der Waals surface area contributed by atoms with Crippen LogP contribution >= 0.6 is 0 Å². The first-order valence-corrected chi connectivity index (χ1v) is 18.3. The maximum Gasteiger partial charge on any atom is 0.128 e. The summed E-state index contributed by atoms with van der Waals surface area (Å²) in [5.41, 5.74) is 13.4. The molecular weight excluding hydrogens is 633 g/mol. The summed E-state index contributed by atoms with van der Waals surface area (Å²) in [6.45, 7) is 4.76. The van der Waals surface area contributed by atoms with Gasteiger partial charge in [0.2, 0.25) is 0 Å². The molecule has 0 spiro atoms. The Balaban J connectivity index is 1.04. The lowest BCUT2D eigenvalue weighted by Crippen LogP contribution is -2.17. The van der Waals surface area contributed by atoms with Crippen molar-refractivity contribution in [3.63, 3.8) is 0 Å². The number of para-hydroxylation sites is 2. The number of anilines is 3. The molecule has 0 N–H and O–H groups in total. The van der Waals surface area contributed by atoms with Gasteiger partial charge >= 0.3 is 0 Å². The molecule has 11 rings (SSSR count).